The Labute approximate surface area is 94.2 Å². The van der Waals surface area contributed by atoms with Crippen LogP contribution in [0.25, 0.3) is 0 Å². The summed E-state index contributed by atoms with van der Waals surface area (Å²) in [5.41, 5.74) is -0.394. The molecule has 0 atom stereocenters. The number of halogens is 3. The van der Waals surface area contributed by atoms with Gasteiger partial charge in [-0.25, -0.2) is 4.79 Å². The van der Waals surface area contributed by atoms with Crippen LogP contribution in [0.2, 0.25) is 10.0 Å². The van der Waals surface area contributed by atoms with Crippen LogP contribution in [0.3, 0.4) is 0 Å². The molecule has 0 saturated carbocycles. The van der Waals surface area contributed by atoms with E-state index >= 15 is 0 Å². The molecule has 0 spiro atoms. The average molecular weight is 253 g/mol. The van der Waals surface area contributed by atoms with Gasteiger partial charge >= 0.3 is 5.97 Å². The second kappa shape index (κ2) is 4.17. The lowest BCUT2D eigenvalue weighted by Gasteiger charge is -2.04. The van der Waals surface area contributed by atoms with E-state index in [0.717, 1.165) is 0 Å². The van der Waals surface area contributed by atoms with Gasteiger partial charge in [0.25, 0.3) is 5.24 Å². The van der Waals surface area contributed by atoms with Crippen molar-refractivity contribution in [2.24, 2.45) is 0 Å². The number of aromatic carboxylic acids is 1. The van der Waals surface area contributed by atoms with E-state index in [-0.39, 0.29) is 21.2 Å². The van der Waals surface area contributed by atoms with Crippen LogP contribution in [0.15, 0.2) is 12.1 Å². The lowest BCUT2D eigenvalue weighted by Crippen LogP contribution is -2.02. The van der Waals surface area contributed by atoms with Crippen molar-refractivity contribution in [3.63, 3.8) is 0 Å². The van der Waals surface area contributed by atoms with Gasteiger partial charge in [0.15, 0.2) is 0 Å². The van der Waals surface area contributed by atoms with Crippen LogP contribution < -0.4 is 0 Å². The maximum atomic E-state index is 10.9. The van der Waals surface area contributed by atoms with Crippen LogP contribution >= 0.6 is 34.8 Å². The largest absolute Gasteiger partial charge is 0.478 e. The molecule has 0 aliphatic rings. The van der Waals surface area contributed by atoms with Crippen LogP contribution in [0.4, 0.5) is 0 Å². The van der Waals surface area contributed by atoms with E-state index in [4.69, 9.17) is 39.9 Å². The van der Waals surface area contributed by atoms with Gasteiger partial charge < -0.3 is 5.11 Å². The topological polar surface area (TPSA) is 54.4 Å². The summed E-state index contributed by atoms with van der Waals surface area (Å²) < 4.78 is 0. The predicted molar refractivity (Wildman–Crippen MR) is 53.6 cm³/mol. The van der Waals surface area contributed by atoms with E-state index in [0.29, 0.717) is 0 Å². The number of hydrogen-bond acceptors (Lipinski definition) is 2. The maximum absolute atomic E-state index is 10.9. The third kappa shape index (κ3) is 2.00. The Balaban J connectivity index is 3.49. The van der Waals surface area contributed by atoms with E-state index < -0.39 is 11.2 Å². The van der Waals surface area contributed by atoms with Crippen molar-refractivity contribution >= 4 is 46.0 Å². The zero-order valence-electron chi connectivity index (χ0n) is 6.55. The van der Waals surface area contributed by atoms with E-state index in [1.165, 1.54) is 12.1 Å². The fourth-order valence-electron chi connectivity index (χ4n) is 0.898. The Hall–Kier alpha value is -0.770. The zero-order chi connectivity index (χ0) is 10.9. The van der Waals surface area contributed by atoms with Crippen molar-refractivity contribution in [3.8, 4) is 0 Å². The Bertz CT molecular complexity index is 415. The lowest BCUT2D eigenvalue weighted by molar-refractivity contribution is 0.0697. The van der Waals surface area contributed by atoms with E-state index in [1.54, 1.807) is 0 Å². The quantitative estimate of drug-likeness (QED) is 0.824. The highest BCUT2D eigenvalue weighted by atomic mass is 35.5. The van der Waals surface area contributed by atoms with Crippen LogP contribution in [-0.2, 0) is 0 Å². The molecule has 3 nitrogen and oxygen atoms in total. The Kier molecular flexibility index (Phi) is 3.37. The second-order valence-electron chi connectivity index (χ2n) is 2.36. The molecular weight excluding hydrogens is 250 g/mol. The van der Waals surface area contributed by atoms with Gasteiger partial charge in [0.1, 0.15) is 0 Å². The lowest BCUT2D eigenvalue weighted by atomic mass is 10.1. The van der Waals surface area contributed by atoms with Crippen molar-refractivity contribution in [1.29, 1.82) is 0 Å². The maximum Gasteiger partial charge on any atom is 0.337 e. The first kappa shape index (κ1) is 11.3. The van der Waals surface area contributed by atoms with Crippen LogP contribution in [0.1, 0.15) is 20.7 Å². The van der Waals surface area contributed by atoms with Crippen molar-refractivity contribution in [3.05, 3.63) is 33.3 Å². The number of carbonyl (C=O) groups is 2. The predicted octanol–water partition coefficient (Wildman–Crippen LogP) is 3.07. The van der Waals surface area contributed by atoms with Gasteiger partial charge in [0, 0.05) is 0 Å². The molecule has 1 aromatic carbocycles. The first-order chi connectivity index (χ1) is 6.45. The summed E-state index contributed by atoms with van der Waals surface area (Å²) in [6, 6.07) is 2.46. The summed E-state index contributed by atoms with van der Waals surface area (Å²) in [5, 5.41) is 7.58. The summed E-state index contributed by atoms with van der Waals surface area (Å²) in [6.07, 6.45) is 0. The summed E-state index contributed by atoms with van der Waals surface area (Å²) in [7, 11) is 0. The van der Waals surface area contributed by atoms with Crippen LogP contribution in [0, 0.1) is 0 Å². The molecule has 0 radical (unpaired) electrons. The number of carboxylic acid groups (broad SMARTS) is 1. The normalized spacial score (nSPS) is 9.93. The van der Waals surface area contributed by atoms with Gasteiger partial charge in [-0.05, 0) is 23.7 Å². The number of rotatable bonds is 2. The fraction of sp³-hybridized carbons (Fsp3) is 0. The molecule has 0 aliphatic heterocycles. The molecular formula is C8H3Cl3O3. The molecule has 6 heteroatoms. The van der Waals surface area contributed by atoms with E-state index in [2.05, 4.69) is 0 Å². The average Bonchev–Trinajstić information content (AvgIpc) is 2.02. The Morgan fingerprint density at radius 3 is 2.21 bits per heavy atom. The Morgan fingerprint density at radius 1 is 1.21 bits per heavy atom. The molecule has 0 aliphatic carbocycles. The van der Waals surface area contributed by atoms with Gasteiger partial charge in [-0.15, -0.1) is 0 Å². The number of benzene rings is 1. The number of carboxylic acids is 1. The highest BCUT2D eigenvalue weighted by Crippen LogP contribution is 2.29. The minimum Gasteiger partial charge on any atom is -0.478 e. The number of hydrogen-bond donors (Lipinski definition) is 1. The van der Waals surface area contributed by atoms with Gasteiger partial charge in [-0.2, -0.15) is 0 Å². The molecule has 1 N–H and O–H groups in total. The first-order valence-corrected chi connectivity index (χ1v) is 4.49. The molecule has 1 rings (SSSR count). The first-order valence-electron chi connectivity index (χ1n) is 3.36. The SMILES string of the molecule is O=C(O)c1ccc(Cl)c(C(=O)Cl)c1Cl. The summed E-state index contributed by atoms with van der Waals surface area (Å²) >= 11 is 16.4. The summed E-state index contributed by atoms with van der Waals surface area (Å²) in [5.74, 6) is -1.24. The standard InChI is InChI=1S/C8H3Cl3O3/c9-4-2-1-3(8(13)14)6(10)5(4)7(11)12/h1-2H,(H,13,14). The van der Waals surface area contributed by atoms with Crippen molar-refractivity contribution in [2.75, 3.05) is 0 Å². The molecule has 0 aromatic heterocycles. The minimum absolute atomic E-state index is 0.0278. The van der Waals surface area contributed by atoms with Gasteiger partial charge in [-0.1, -0.05) is 23.2 Å². The van der Waals surface area contributed by atoms with Gasteiger partial charge in [0.2, 0.25) is 0 Å². The molecule has 1 aromatic rings. The molecule has 0 saturated heterocycles. The highest BCUT2D eigenvalue weighted by Gasteiger charge is 2.19. The smallest absolute Gasteiger partial charge is 0.337 e. The monoisotopic (exact) mass is 252 g/mol. The van der Waals surface area contributed by atoms with E-state index in [9.17, 15) is 9.59 Å². The molecule has 74 valence electrons. The van der Waals surface area contributed by atoms with Gasteiger partial charge in [-0.3, -0.25) is 4.79 Å². The minimum atomic E-state index is -1.24. The fourth-order valence-corrected chi connectivity index (χ4v) is 1.81. The molecule has 0 unspecified atom stereocenters. The molecule has 0 fully saturated rings. The van der Waals surface area contributed by atoms with Crippen molar-refractivity contribution < 1.29 is 14.7 Å². The third-order valence-corrected chi connectivity index (χ3v) is 2.41. The van der Waals surface area contributed by atoms with E-state index in [1.807, 2.05) is 0 Å². The molecule has 0 heterocycles. The van der Waals surface area contributed by atoms with Gasteiger partial charge in [0.05, 0.1) is 21.2 Å². The molecule has 0 bridgehead atoms. The zero-order valence-corrected chi connectivity index (χ0v) is 8.82. The van der Waals surface area contributed by atoms with Crippen molar-refractivity contribution in [2.45, 2.75) is 0 Å². The third-order valence-electron chi connectivity index (χ3n) is 1.52. The van der Waals surface area contributed by atoms with Crippen LogP contribution in [0.5, 0.6) is 0 Å². The van der Waals surface area contributed by atoms with Crippen LogP contribution in [-0.4, -0.2) is 16.3 Å². The molecule has 0 amide bonds. The summed E-state index contributed by atoms with van der Waals surface area (Å²) in [6.45, 7) is 0. The van der Waals surface area contributed by atoms with Crippen molar-refractivity contribution in [1.82, 2.24) is 0 Å². The number of carbonyl (C=O) groups excluding carboxylic acids is 1. The highest BCUT2D eigenvalue weighted by molar-refractivity contribution is 6.70. The molecule has 14 heavy (non-hydrogen) atoms. The Morgan fingerprint density at radius 2 is 1.79 bits per heavy atom. The second-order valence-corrected chi connectivity index (χ2v) is 3.49. The summed E-state index contributed by atoms with van der Waals surface area (Å²) in [4.78, 5) is 21.5.